The Morgan fingerprint density at radius 2 is 2.21 bits per heavy atom. The molecule has 0 saturated carbocycles. The van der Waals surface area contributed by atoms with E-state index in [4.69, 9.17) is 10.5 Å². The van der Waals surface area contributed by atoms with Gasteiger partial charge >= 0.3 is 0 Å². The summed E-state index contributed by atoms with van der Waals surface area (Å²) >= 11 is 0. The van der Waals surface area contributed by atoms with Crippen LogP contribution in [0.15, 0.2) is 24.3 Å². The second kappa shape index (κ2) is 6.92. The van der Waals surface area contributed by atoms with Crippen molar-refractivity contribution in [2.75, 3.05) is 25.1 Å². The zero-order chi connectivity index (χ0) is 13.7. The minimum absolute atomic E-state index is 0.247. The zero-order valence-corrected chi connectivity index (χ0v) is 12.1. The molecule has 19 heavy (non-hydrogen) atoms. The fourth-order valence-electron chi connectivity index (χ4n) is 2.67. The molecule has 1 saturated heterocycles. The number of anilines is 1. The van der Waals surface area contributed by atoms with Crippen LogP contribution >= 0.6 is 0 Å². The number of nitrogens with two attached hydrogens (primary N) is 1. The van der Waals surface area contributed by atoms with E-state index in [0.29, 0.717) is 6.10 Å². The van der Waals surface area contributed by atoms with E-state index in [1.807, 2.05) is 0 Å². The Bertz CT molecular complexity index is 388. The van der Waals surface area contributed by atoms with Crippen molar-refractivity contribution in [1.29, 1.82) is 0 Å². The third-order valence-corrected chi connectivity index (χ3v) is 3.91. The quantitative estimate of drug-likeness (QED) is 0.856. The monoisotopic (exact) mass is 262 g/mol. The molecule has 3 heteroatoms. The summed E-state index contributed by atoms with van der Waals surface area (Å²) in [5.74, 6) is 0. The Morgan fingerprint density at radius 1 is 1.42 bits per heavy atom. The largest absolute Gasteiger partial charge is 0.376 e. The molecule has 2 unspecified atom stereocenters. The van der Waals surface area contributed by atoms with Gasteiger partial charge in [-0.15, -0.1) is 0 Å². The number of nitrogens with zero attached hydrogens (tertiary/aromatic N) is 1. The maximum Gasteiger partial charge on any atom is 0.0750 e. The summed E-state index contributed by atoms with van der Waals surface area (Å²) in [6.45, 7) is 4.03. The van der Waals surface area contributed by atoms with Crippen LogP contribution in [0.3, 0.4) is 0 Å². The van der Waals surface area contributed by atoms with Gasteiger partial charge in [0.05, 0.1) is 6.10 Å². The van der Waals surface area contributed by atoms with Gasteiger partial charge in [0, 0.05) is 31.9 Å². The first kappa shape index (κ1) is 14.4. The molecule has 2 rings (SSSR count). The van der Waals surface area contributed by atoms with E-state index < -0.39 is 0 Å². The van der Waals surface area contributed by atoms with Gasteiger partial charge in [-0.3, -0.25) is 0 Å². The van der Waals surface area contributed by atoms with Crippen molar-refractivity contribution >= 4 is 5.69 Å². The molecule has 2 N–H and O–H groups in total. The second-order valence-electron chi connectivity index (χ2n) is 5.52. The van der Waals surface area contributed by atoms with Crippen LogP contribution in [0, 0.1) is 0 Å². The first-order valence-electron chi connectivity index (χ1n) is 7.37. The summed E-state index contributed by atoms with van der Waals surface area (Å²) in [4.78, 5) is 2.31. The number of ether oxygens (including phenoxy) is 1. The SMILES string of the molecule is CCC(N)Cc1ccccc1N(C)CC1CCCO1. The highest BCUT2D eigenvalue weighted by Gasteiger charge is 2.19. The smallest absolute Gasteiger partial charge is 0.0750 e. The summed E-state index contributed by atoms with van der Waals surface area (Å²) < 4.78 is 5.72. The summed E-state index contributed by atoms with van der Waals surface area (Å²) in [7, 11) is 2.15. The predicted molar refractivity (Wildman–Crippen MR) is 80.7 cm³/mol. The van der Waals surface area contributed by atoms with Gasteiger partial charge in [0.2, 0.25) is 0 Å². The molecule has 0 bridgehead atoms. The molecule has 3 nitrogen and oxygen atoms in total. The zero-order valence-electron chi connectivity index (χ0n) is 12.1. The van der Waals surface area contributed by atoms with Gasteiger partial charge in [0.15, 0.2) is 0 Å². The van der Waals surface area contributed by atoms with E-state index in [1.54, 1.807) is 0 Å². The van der Waals surface area contributed by atoms with E-state index >= 15 is 0 Å². The molecule has 0 amide bonds. The minimum Gasteiger partial charge on any atom is -0.376 e. The van der Waals surface area contributed by atoms with E-state index in [1.165, 1.54) is 24.1 Å². The Labute approximate surface area is 116 Å². The maximum absolute atomic E-state index is 6.09. The highest BCUT2D eigenvalue weighted by atomic mass is 16.5. The van der Waals surface area contributed by atoms with Crippen molar-refractivity contribution in [1.82, 2.24) is 0 Å². The van der Waals surface area contributed by atoms with Crippen molar-refractivity contribution in [3.05, 3.63) is 29.8 Å². The molecule has 0 aliphatic carbocycles. The van der Waals surface area contributed by atoms with Gasteiger partial charge in [-0.1, -0.05) is 25.1 Å². The Morgan fingerprint density at radius 3 is 2.89 bits per heavy atom. The summed E-state index contributed by atoms with van der Waals surface area (Å²) in [6.07, 6.45) is 4.73. The van der Waals surface area contributed by atoms with Gasteiger partial charge in [0.25, 0.3) is 0 Å². The lowest BCUT2D eigenvalue weighted by Gasteiger charge is -2.26. The van der Waals surface area contributed by atoms with E-state index in [9.17, 15) is 0 Å². The molecule has 0 spiro atoms. The lowest BCUT2D eigenvalue weighted by Crippen LogP contribution is -2.30. The molecule has 1 aromatic carbocycles. The Kier molecular flexibility index (Phi) is 5.23. The lowest BCUT2D eigenvalue weighted by atomic mass is 10.0. The average molecular weight is 262 g/mol. The number of likely N-dealkylation sites (N-methyl/N-ethyl adjacent to an activating group) is 1. The van der Waals surface area contributed by atoms with Crippen molar-refractivity contribution in [3.8, 4) is 0 Å². The molecule has 106 valence electrons. The number of hydrogen-bond acceptors (Lipinski definition) is 3. The molecular weight excluding hydrogens is 236 g/mol. The van der Waals surface area contributed by atoms with Crippen molar-refractivity contribution < 1.29 is 4.74 Å². The van der Waals surface area contributed by atoms with Gasteiger partial charge in [0.1, 0.15) is 0 Å². The van der Waals surface area contributed by atoms with Crippen molar-refractivity contribution in [2.24, 2.45) is 5.73 Å². The van der Waals surface area contributed by atoms with E-state index in [0.717, 1.165) is 26.0 Å². The van der Waals surface area contributed by atoms with Crippen LogP contribution in [0.2, 0.25) is 0 Å². The van der Waals surface area contributed by atoms with Crippen LogP contribution in [0.4, 0.5) is 5.69 Å². The molecule has 1 aromatic rings. The number of para-hydroxylation sites is 1. The third-order valence-electron chi connectivity index (χ3n) is 3.91. The highest BCUT2D eigenvalue weighted by molar-refractivity contribution is 5.53. The van der Waals surface area contributed by atoms with E-state index in [-0.39, 0.29) is 6.04 Å². The van der Waals surface area contributed by atoms with Crippen LogP contribution < -0.4 is 10.6 Å². The Balaban J connectivity index is 2.04. The lowest BCUT2D eigenvalue weighted by molar-refractivity contribution is 0.116. The molecule has 1 fully saturated rings. The first-order valence-corrected chi connectivity index (χ1v) is 7.37. The summed E-state index contributed by atoms with van der Waals surface area (Å²) in [5.41, 5.74) is 8.73. The van der Waals surface area contributed by atoms with Crippen LogP contribution in [0.5, 0.6) is 0 Å². The summed E-state index contributed by atoms with van der Waals surface area (Å²) in [6, 6.07) is 8.82. The van der Waals surface area contributed by atoms with Crippen molar-refractivity contribution in [2.45, 2.75) is 44.8 Å². The summed E-state index contributed by atoms with van der Waals surface area (Å²) in [5, 5.41) is 0. The number of benzene rings is 1. The van der Waals surface area contributed by atoms with Gasteiger partial charge in [-0.25, -0.2) is 0 Å². The van der Waals surface area contributed by atoms with Gasteiger partial charge in [-0.2, -0.15) is 0 Å². The predicted octanol–water partition coefficient (Wildman–Crippen LogP) is 2.58. The standard InChI is InChI=1S/C16H26N2O/c1-3-14(17)11-13-7-4-5-9-16(13)18(2)12-15-8-6-10-19-15/h4-5,7,9,14-15H,3,6,8,10-12,17H2,1-2H3. The second-order valence-corrected chi connectivity index (χ2v) is 5.52. The highest BCUT2D eigenvalue weighted by Crippen LogP contribution is 2.23. The fourth-order valence-corrected chi connectivity index (χ4v) is 2.67. The maximum atomic E-state index is 6.09. The molecule has 1 aliphatic rings. The average Bonchev–Trinajstić information content (AvgIpc) is 2.92. The number of rotatable bonds is 6. The number of hydrogen-bond donors (Lipinski definition) is 1. The van der Waals surface area contributed by atoms with E-state index in [2.05, 4.69) is 43.1 Å². The fraction of sp³-hybridized carbons (Fsp3) is 0.625. The third kappa shape index (κ3) is 3.95. The molecule has 1 aliphatic heterocycles. The molecule has 1 heterocycles. The first-order chi connectivity index (χ1) is 9.20. The minimum atomic E-state index is 0.247. The molecular formula is C16H26N2O. The Hall–Kier alpha value is -1.06. The van der Waals surface area contributed by atoms with Crippen LogP contribution in [0.25, 0.3) is 0 Å². The van der Waals surface area contributed by atoms with Gasteiger partial charge < -0.3 is 15.4 Å². The van der Waals surface area contributed by atoms with Crippen LogP contribution in [0.1, 0.15) is 31.7 Å². The topological polar surface area (TPSA) is 38.5 Å². The van der Waals surface area contributed by atoms with Crippen molar-refractivity contribution in [3.63, 3.8) is 0 Å². The molecule has 0 radical (unpaired) electrons. The molecule has 0 aromatic heterocycles. The van der Waals surface area contributed by atoms with Crippen LogP contribution in [-0.4, -0.2) is 32.3 Å². The van der Waals surface area contributed by atoms with Crippen LogP contribution in [-0.2, 0) is 11.2 Å². The molecule has 2 atom stereocenters. The normalized spacial score (nSPS) is 20.5. The van der Waals surface area contributed by atoms with Gasteiger partial charge in [-0.05, 0) is 37.3 Å².